The molecule has 0 saturated carbocycles. The number of rotatable bonds is 14. The monoisotopic (exact) mass is 1030 g/mol. The second kappa shape index (κ2) is 19.8. The Labute approximate surface area is 434 Å². The molecule has 0 atom stereocenters. The van der Waals surface area contributed by atoms with Crippen molar-refractivity contribution in [3.63, 3.8) is 0 Å². The van der Waals surface area contributed by atoms with Gasteiger partial charge >= 0.3 is 17.1 Å². The standard InChI is InChI=1S/C54H49N17O2.Cu/c1-69(2)25-11-23-55-52-66-53(56-24-12-26-70(3)4)68-54(67-52)57-31-20-22-39-41(28-31)51(73)71(50(39)72)29-30-19-21-38-40(27-30)49-64-47-37-18-10-9-17-36(37)45(62-47)60-43-33-14-6-5-13-32(33)42(58-43)59-44-34-15-7-8-16-35(34)46(61-44)63-48(38)65-49;/h5-10,13-22,27-28H,11-12,23-26,29H2,1-4H3,(H5,55,56,57,58,59,60,61,62,63,64,65,66,67,68,72,73);/q;+2/p-2. The van der Waals surface area contributed by atoms with Crippen molar-refractivity contribution < 1.29 is 26.7 Å². The van der Waals surface area contributed by atoms with Crippen molar-refractivity contribution in [3.05, 3.63) is 126 Å². The topological polar surface area (TPSA) is 224 Å². The molecular weight excluding hydrogens is 982 g/mol. The molecule has 0 aliphatic carbocycles. The van der Waals surface area contributed by atoms with Crippen molar-refractivity contribution in [2.75, 3.05) is 70.3 Å². The maximum absolute atomic E-state index is 14.2. The normalized spacial score (nSPS) is 12.6. The van der Waals surface area contributed by atoms with Crippen LogP contribution >= 0.6 is 0 Å². The van der Waals surface area contributed by atoms with Crippen LogP contribution in [0.4, 0.5) is 23.5 Å². The van der Waals surface area contributed by atoms with Crippen molar-refractivity contribution in [1.29, 1.82) is 0 Å². The van der Waals surface area contributed by atoms with E-state index in [0.717, 1.165) is 59.0 Å². The third kappa shape index (κ3) is 9.15. The molecule has 74 heavy (non-hydrogen) atoms. The predicted molar refractivity (Wildman–Crippen MR) is 281 cm³/mol. The molecule has 12 rings (SSSR count). The Morgan fingerprint density at radius 3 is 1.41 bits per heavy atom. The molecule has 9 aromatic rings. The van der Waals surface area contributed by atoms with E-state index in [0.29, 0.717) is 98.5 Å². The summed E-state index contributed by atoms with van der Waals surface area (Å²) in [5, 5.41) is 12.9. The van der Waals surface area contributed by atoms with Crippen molar-refractivity contribution in [1.82, 2.24) is 69.5 Å². The average molecular weight is 1030 g/mol. The fraction of sp³-hybridized carbons (Fsp3) is 0.204. The van der Waals surface area contributed by atoms with Gasteiger partial charge in [0.1, 0.15) is 0 Å². The molecular formula is C54H47CuN17O2. The second-order valence-electron chi connectivity index (χ2n) is 18.6. The molecule has 1 radical (unpaired) electrons. The first kappa shape index (κ1) is 47.8. The number of amides is 2. The molecule has 20 heteroatoms. The van der Waals surface area contributed by atoms with Gasteiger partial charge in [-0.1, -0.05) is 84.9 Å². The third-order valence-electron chi connectivity index (χ3n) is 12.8. The number of carbonyl (C=O) groups is 2. The van der Waals surface area contributed by atoms with Gasteiger partial charge in [0.25, 0.3) is 11.8 Å². The van der Waals surface area contributed by atoms with Gasteiger partial charge in [-0.2, -0.15) is 15.0 Å². The van der Waals surface area contributed by atoms with E-state index in [-0.39, 0.29) is 35.1 Å². The van der Waals surface area contributed by atoms with Gasteiger partial charge in [0.2, 0.25) is 17.8 Å². The third-order valence-corrected chi connectivity index (χ3v) is 12.8. The van der Waals surface area contributed by atoms with E-state index in [4.69, 9.17) is 39.9 Å². The van der Waals surface area contributed by atoms with Crippen molar-refractivity contribution in [2.45, 2.75) is 19.4 Å². The molecule has 0 unspecified atom stereocenters. The molecule has 4 aromatic heterocycles. The summed E-state index contributed by atoms with van der Waals surface area (Å²) in [5.41, 5.74) is 6.67. The van der Waals surface area contributed by atoms with Gasteiger partial charge in [0, 0.05) is 63.6 Å². The van der Waals surface area contributed by atoms with E-state index in [1.54, 1.807) is 18.2 Å². The Bertz CT molecular complexity index is 3830. The van der Waals surface area contributed by atoms with E-state index in [1.807, 2.05) is 119 Å². The minimum absolute atomic E-state index is 0. The molecule has 19 nitrogen and oxygen atoms in total. The van der Waals surface area contributed by atoms with Gasteiger partial charge in [-0.3, -0.25) is 14.5 Å². The van der Waals surface area contributed by atoms with E-state index < -0.39 is 11.8 Å². The fourth-order valence-corrected chi connectivity index (χ4v) is 9.26. The minimum Gasteiger partial charge on any atom is -0.357 e. The Morgan fingerprint density at radius 2 is 0.905 bits per heavy atom. The van der Waals surface area contributed by atoms with E-state index in [1.165, 1.54) is 4.90 Å². The number of aromatic nitrogens is 11. The molecule has 371 valence electrons. The summed E-state index contributed by atoms with van der Waals surface area (Å²) < 4.78 is 0. The van der Waals surface area contributed by atoms with E-state index >= 15 is 0 Å². The number of anilines is 4. The Kier molecular flexibility index (Phi) is 12.8. The van der Waals surface area contributed by atoms with Gasteiger partial charge in [-0.25, -0.2) is 9.97 Å². The summed E-state index contributed by atoms with van der Waals surface area (Å²) in [6, 6.07) is 34.2. The first-order valence-corrected chi connectivity index (χ1v) is 24.0. The maximum atomic E-state index is 14.2. The zero-order valence-electron chi connectivity index (χ0n) is 40.7. The number of carbonyl (C=O) groups excluding carboxylic acids is 2. The van der Waals surface area contributed by atoms with Crippen LogP contribution in [0.1, 0.15) is 39.1 Å². The first-order chi connectivity index (χ1) is 35.6. The van der Waals surface area contributed by atoms with Gasteiger partial charge < -0.3 is 55.7 Å². The molecule has 0 saturated heterocycles. The molecule has 3 aliphatic rings. The van der Waals surface area contributed by atoms with Crippen LogP contribution in [-0.4, -0.2) is 126 Å². The van der Waals surface area contributed by atoms with Crippen LogP contribution in [0.15, 0.2) is 109 Å². The van der Waals surface area contributed by atoms with Crippen LogP contribution in [0.25, 0.3) is 89.7 Å². The first-order valence-electron chi connectivity index (χ1n) is 24.0. The fourth-order valence-electron chi connectivity index (χ4n) is 9.26. The van der Waals surface area contributed by atoms with Crippen LogP contribution in [-0.2, 0) is 23.6 Å². The Balaban J connectivity index is 0.00000588. The number of benzene rings is 5. The van der Waals surface area contributed by atoms with Crippen LogP contribution in [0.5, 0.6) is 0 Å². The molecule has 7 heterocycles. The smallest absolute Gasteiger partial charge is 0.357 e. The van der Waals surface area contributed by atoms with E-state index in [9.17, 15) is 9.59 Å². The largest absolute Gasteiger partial charge is 2.00 e. The quantitative estimate of drug-likeness (QED) is 0.0542. The number of imide groups is 1. The number of fused-ring (bicyclic) bond motifs is 21. The Morgan fingerprint density at radius 1 is 0.459 bits per heavy atom. The number of nitrogens with one attached hydrogen (secondary N) is 3. The van der Waals surface area contributed by atoms with Gasteiger partial charge in [-0.05, 0) is 105 Å². The summed E-state index contributed by atoms with van der Waals surface area (Å²) in [6.45, 7) is 3.14. The predicted octanol–water partition coefficient (Wildman–Crippen LogP) is 7.58. The summed E-state index contributed by atoms with van der Waals surface area (Å²) >= 11 is 0. The molecule has 5 aromatic carbocycles. The summed E-state index contributed by atoms with van der Waals surface area (Å²) in [5.74, 6) is 2.07. The SMILES string of the molecule is CN(C)CCCNc1nc(NCCCN(C)C)nc(Nc2ccc3c(c2)C(=O)N(Cc2ccc4c5nc6nc(nc7[n-]c(nc8nc(nc([n-]5)c4c2)-c2ccccc2-8)c2ccccc72)-c2ccccc2-6)C3=O)n1.[Cu+2]. The summed E-state index contributed by atoms with van der Waals surface area (Å²) in [6.07, 6.45) is 1.79. The number of nitrogens with zero attached hydrogens (tertiary/aromatic N) is 14. The molecule has 3 aliphatic heterocycles. The maximum Gasteiger partial charge on any atom is 2.00 e. The van der Waals surface area contributed by atoms with Gasteiger partial charge in [-0.15, -0.1) is 0 Å². The molecule has 8 bridgehead atoms. The summed E-state index contributed by atoms with van der Waals surface area (Å²) in [4.78, 5) is 87.8. The van der Waals surface area contributed by atoms with Crippen molar-refractivity contribution in [2.24, 2.45) is 0 Å². The molecule has 0 fully saturated rings. The second-order valence-corrected chi connectivity index (χ2v) is 18.6. The molecule has 2 amide bonds. The van der Waals surface area contributed by atoms with Crippen LogP contribution < -0.4 is 25.9 Å². The minimum atomic E-state index is -0.428. The van der Waals surface area contributed by atoms with Crippen LogP contribution in [0, 0.1) is 0 Å². The summed E-state index contributed by atoms with van der Waals surface area (Å²) in [7, 11) is 8.13. The van der Waals surface area contributed by atoms with Crippen LogP contribution in [0.3, 0.4) is 0 Å². The van der Waals surface area contributed by atoms with Crippen molar-refractivity contribution in [3.8, 4) is 45.6 Å². The Hall–Kier alpha value is -8.55. The number of hydrogen-bond donors (Lipinski definition) is 3. The zero-order valence-corrected chi connectivity index (χ0v) is 41.7. The molecule has 3 N–H and O–H groups in total. The van der Waals surface area contributed by atoms with Gasteiger partial charge in [0.15, 0.2) is 0 Å². The zero-order chi connectivity index (χ0) is 49.7. The van der Waals surface area contributed by atoms with Crippen LogP contribution in [0.2, 0.25) is 0 Å². The average Bonchev–Trinajstić information content (AvgIpc) is 4.17. The van der Waals surface area contributed by atoms with E-state index in [2.05, 4.69) is 40.7 Å². The van der Waals surface area contributed by atoms with Gasteiger partial charge in [0.05, 0.1) is 41.0 Å². The van der Waals surface area contributed by atoms with Crippen molar-refractivity contribution >= 4 is 79.5 Å². The number of hydrogen-bond acceptors (Lipinski definition) is 16. The molecule has 0 spiro atoms.